The molecule has 1 rings (SSSR count). The SMILES string of the molecule is Cc1ccc([C@@H](N)CCCO)cc1C. The number of hydrogen-bond donors (Lipinski definition) is 2. The molecule has 0 radical (unpaired) electrons. The third kappa shape index (κ3) is 2.82. The molecule has 0 aliphatic rings. The lowest BCUT2D eigenvalue weighted by Gasteiger charge is -2.12. The Balaban J connectivity index is 2.70. The highest BCUT2D eigenvalue weighted by molar-refractivity contribution is 5.31. The first-order valence-corrected chi connectivity index (χ1v) is 5.08. The Morgan fingerprint density at radius 1 is 1.29 bits per heavy atom. The molecule has 1 aromatic rings. The minimum Gasteiger partial charge on any atom is -0.396 e. The highest BCUT2D eigenvalue weighted by atomic mass is 16.2. The van der Waals surface area contributed by atoms with E-state index in [1.54, 1.807) is 0 Å². The topological polar surface area (TPSA) is 46.2 Å². The lowest BCUT2D eigenvalue weighted by atomic mass is 9.99. The van der Waals surface area contributed by atoms with Crippen LogP contribution in [0.2, 0.25) is 0 Å². The molecule has 0 bridgehead atoms. The van der Waals surface area contributed by atoms with Gasteiger partial charge in [-0.1, -0.05) is 18.2 Å². The van der Waals surface area contributed by atoms with Crippen molar-refractivity contribution >= 4 is 0 Å². The van der Waals surface area contributed by atoms with E-state index in [2.05, 4.69) is 32.0 Å². The quantitative estimate of drug-likeness (QED) is 0.769. The normalized spacial score (nSPS) is 12.9. The Kier molecular flexibility index (Phi) is 4.11. The van der Waals surface area contributed by atoms with Gasteiger partial charge in [0.1, 0.15) is 0 Å². The lowest BCUT2D eigenvalue weighted by Crippen LogP contribution is -2.11. The van der Waals surface area contributed by atoms with Crippen molar-refractivity contribution in [3.05, 3.63) is 34.9 Å². The summed E-state index contributed by atoms with van der Waals surface area (Å²) in [6.45, 7) is 4.41. The zero-order chi connectivity index (χ0) is 10.6. The first-order chi connectivity index (χ1) is 6.65. The van der Waals surface area contributed by atoms with Gasteiger partial charge in [-0.15, -0.1) is 0 Å². The van der Waals surface area contributed by atoms with E-state index < -0.39 is 0 Å². The average molecular weight is 193 g/mol. The molecule has 3 N–H and O–H groups in total. The fraction of sp³-hybridized carbons (Fsp3) is 0.500. The van der Waals surface area contributed by atoms with Crippen LogP contribution in [0.25, 0.3) is 0 Å². The van der Waals surface area contributed by atoms with Crippen LogP contribution in [-0.2, 0) is 0 Å². The molecule has 14 heavy (non-hydrogen) atoms. The molecule has 0 saturated heterocycles. The van der Waals surface area contributed by atoms with E-state index in [0.717, 1.165) is 12.8 Å². The van der Waals surface area contributed by atoms with Gasteiger partial charge in [0.2, 0.25) is 0 Å². The second kappa shape index (κ2) is 5.13. The maximum Gasteiger partial charge on any atom is 0.0431 e. The van der Waals surface area contributed by atoms with Crippen LogP contribution >= 0.6 is 0 Å². The van der Waals surface area contributed by atoms with Crippen molar-refractivity contribution in [3.63, 3.8) is 0 Å². The van der Waals surface area contributed by atoms with E-state index in [9.17, 15) is 0 Å². The summed E-state index contributed by atoms with van der Waals surface area (Å²) in [6, 6.07) is 6.37. The van der Waals surface area contributed by atoms with Gasteiger partial charge in [-0.05, 0) is 43.4 Å². The molecule has 1 atom stereocenters. The second-order valence-electron chi connectivity index (χ2n) is 3.82. The molecule has 0 unspecified atom stereocenters. The maximum atomic E-state index is 8.71. The molecule has 1 aromatic carbocycles. The largest absolute Gasteiger partial charge is 0.396 e. The van der Waals surface area contributed by atoms with Crippen molar-refractivity contribution < 1.29 is 5.11 Å². The third-order valence-electron chi connectivity index (χ3n) is 2.63. The molecule has 0 aliphatic heterocycles. The number of aryl methyl sites for hydroxylation is 2. The van der Waals surface area contributed by atoms with Crippen molar-refractivity contribution in [2.75, 3.05) is 6.61 Å². The van der Waals surface area contributed by atoms with Gasteiger partial charge < -0.3 is 10.8 Å². The summed E-state index contributed by atoms with van der Waals surface area (Å²) in [7, 11) is 0. The molecule has 0 heterocycles. The first-order valence-electron chi connectivity index (χ1n) is 5.08. The van der Waals surface area contributed by atoms with Crippen LogP contribution < -0.4 is 5.73 Å². The van der Waals surface area contributed by atoms with Crippen molar-refractivity contribution in [1.82, 2.24) is 0 Å². The maximum absolute atomic E-state index is 8.71. The van der Waals surface area contributed by atoms with Gasteiger partial charge in [-0.2, -0.15) is 0 Å². The molecule has 0 spiro atoms. The van der Waals surface area contributed by atoms with Crippen LogP contribution in [0, 0.1) is 13.8 Å². The van der Waals surface area contributed by atoms with Crippen LogP contribution in [0.15, 0.2) is 18.2 Å². The predicted molar refractivity (Wildman–Crippen MR) is 59.2 cm³/mol. The fourth-order valence-corrected chi connectivity index (χ4v) is 1.47. The number of aliphatic hydroxyl groups excluding tert-OH is 1. The number of nitrogens with two attached hydrogens (primary N) is 1. The summed E-state index contributed by atoms with van der Waals surface area (Å²) in [5.74, 6) is 0. The molecule has 2 nitrogen and oxygen atoms in total. The van der Waals surface area contributed by atoms with E-state index in [1.165, 1.54) is 16.7 Å². The highest BCUT2D eigenvalue weighted by Gasteiger charge is 2.05. The number of aliphatic hydroxyl groups is 1. The summed E-state index contributed by atoms with van der Waals surface area (Å²) < 4.78 is 0. The van der Waals surface area contributed by atoms with Gasteiger partial charge in [-0.3, -0.25) is 0 Å². The Morgan fingerprint density at radius 2 is 2.00 bits per heavy atom. The van der Waals surface area contributed by atoms with E-state index in [1.807, 2.05) is 0 Å². The number of benzene rings is 1. The molecule has 0 amide bonds. The van der Waals surface area contributed by atoms with Crippen molar-refractivity contribution in [2.45, 2.75) is 32.7 Å². The Morgan fingerprint density at radius 3 is 2.57 bits per heavy atom. The number of hydrogen-bond acceptors (Lipinski definition) is 2. The fourth-order valence-electron chi connectivity index (χ4n) is 1.47. The summed E-state index contributed by atoms with van der Waals surface area (Å²) in [5, 5.41) is 8.71. The molecule has 0 saturated carbocycles. The summed E-state index contributed by atoms with van der Waals surface area (Å²) in [5.41, 5.74) is 9.73. The Bertz CT molecular complexity index is 296. The second-order valence-corrected chi connectivity index (χ2v) is 3.82. The molecule has 78 valence electrons. The minimum atomic E-state index is 0.0569. The standard InChI is InChI=1S/C12H19NO/c1-9-5-6-11(8-10(9)2)12(13)4-3-7-14/h5-6,8,12,14H,3-4,7,13H2,1-2H3/t12-/m0/s1. The van der Waals surface area contributed by atoms with Gasteiger partial charge >= 0.3 is 0 Å². The molecule has 0 fully saturated rings. The zero-order valence-corrected chi connectivity index (χ0v) is 8.96. The summed E-state index contributed by atoms with van der Waals surface area (Å²) in [4.78, 5) is 0. The molecule has 0 aromatic heterocycles. The van der Waals surface area contributed by atoms with E-state index >= 15 is 0 Å². The number of rotatable bonds is 4. The predicted octanol–water partition coefficient (Wildman–Crippen LogP) is 2.08. The van der Waals surface area contributed by atoms with Crippen LogP contribution in [0.4, 0.5) is 0 Å². The minimum absolute atomic E-state index is 0.0569. The smallest absolute Gasteiger partial charge is 0.0431 e. The highest BCUT2D eigenvalue weighted by Crippen LogP contribution is 2.18. The van der Waals surface area contributed by atoms with Crippen molar-refractivity contribution in [1.29, 1.82) is 0 Å². The van der Waals surface area contributed by atoms with Crippen LogP contribution in [0.5, 0.6) is 0 Å². The van der Waals surface area contributed by atoms with Crippen molar-refractivity contribution in [2.24, 2.45) is 5.73 Å². The van der Waals surface area contributed by atoms with Crippen LogP contribution in [0.1, 0.15) is 35.6 Å². The van der Waals surface area contributed by atoms with Crippen LogP contribution in [-0.4, -0.2) is 11.7 Å². The van der Waals surface area contributed by atoms with E-state index in [4.69, 9.17) is 10.8 Å². The van der Waals surface area contributed by atoms with Crippen molar-refractivity contribution in [3.8, 4) is 0 Å². The summed E-state index contributed by atoms with van der Waals surface area (Å²) >= 11 is 0. The Labute approximate surface area is 85.8 Å². The zero-order valence-electron chi connectivity index (χ0n) is 8.96. The molecule has 2 heteroatoms. The first kappa shape index (κ1) is 11.2. The van der Waals surface area contributed by atoms with Crippen LogP contribution in [0.3, 0.4) is 0 Å². The van der Waals surface area contributed by atoms with E-state index in [0.29, 0.717) is 0 Å². The third-order valence-corrected chi connectivity index (χ3v) is 2.63. The van der Waals surface area contributed by atoms with Gasteiger partial charge in [0, 0.05) is 12.6 Å². The lowest BCUT2D eigenvalue weighted by molar-refractivity contribution is 0.280. The Hall–Kier alpha value is -0.860. The van der Waals surface area contributed by atoms with Gasteiger partial charge in [0.15, 0.2) is 0 Å². The van der Waals surface area contributed by atoms with Gasteiger partial charge in [0.05, 0.1) is 0 Å². The average Bonchev–Trinajstić information content (AvgIpc) is 2.18. The molecular weight excluding hydrogens is 174 g/mol. The van der Waals surface area contributed by atoms with Gasteiger partial charge in [0.25, 0.3) is 0 Å². The van der Waals surface area contributed by atoms with Gasteiger partial charge in [-0.25, -0.2) is 0 Å². The molecule has 0 aliphatic carbocycles. The summed E-state index contributed by atoms with van der Waals surface area (Å²) in [6.07, 6.45) is 1.62. The monoisotopic (exact) mass is 193 g/mol. The van der Waals surface area contributed by atoms with E-state index in [-0.39, 0.29) is 12.6 Å². The molecular formula is C12H19NO.